The zero-order chi connectivity index (χ0) is 24.1. The topological polar surface area (TPSA) is 190 Å². The van der Waals surface area contributed by atoms with Gasteiger partial charge in [0.2, 0.25) is 11.2 Å². The van der Waals surface area contributed by atoms with E-state index >= 15 is 0 Å². The lowest BCUT2D eigenvalue weighted by Gasteiger charge is -2.13. The van der Waals surface area contributed by atoms with Crippen molar-refractivity contribution in [2.45, 2.75) is 0 Å². The monoisotopic (exact) mass is 460 g/mol. The van der Waals surface area contributed by atoms with E-state index in [9.17, 15) is 24.3 Å². The number of carbonyl (C=O) groups is 3. The number of benzene rings is 2. The Hall–Kier alpha value is -4.74. The fourth-order valence-corrected chi connectivity index (χ4v) is 2.79. The average molecular weight is 460 g/mol. The Morgan fingerprint density at radius 2 is 1.33 bits per heavy atom. The third kappa shape index (κ3) is 5.50. The minimum absolute atomic E-state index is 0.0897. The summed E-state index contributed by atoms with van der Waals surface area (Å²) < 4.78 is 20.9. The number of carboxylic acid groups (broad SMARTS) is 3. The van der Waals surface area contributed by atoms with Gasteiger partial charge in [0.25, 0.3) is 0 Å². The van der Waals surface area contributed by atoms with E-state index in [2.05, 4.69) is 0 Å². The van der Waals surface area contributed by atoms with E-state index in [0.717, 1.165) is 6.07 Å². The van der Waals surface area contributed by atoms with Gasteiger partial charge in [-0.2, -0.15) is 0 Å². The number of ether oxygens (including phenoxy) is 3. The Kier molecular flexibility index (Phi) is 6.67. The molecule has 33 heavy (non-hydrogen) atoms. The van der Waals surface area contributed by atoms with Crippen LogP contribution in [-0.2, 0) is 14.4 Å². The van der Waals surface area contributed by atoms with E-state index in [1.807, 2.05) is 0 Å². The van der Waals surface area contributed by atoms with Crippen LogP contribution in [0, 0.1) is 0 Å². The molecule has 172 valence electrons. The molecule has 0 aliphatic rings. The lowest BCUT2D eigenvalue weighted by atomic mass is 10.1. The van der Waals surface area contributed by atoms with Crippen molar-refractivity contribution >= 4 is 28.9 Å². The Morgan fingerprint density at radius 1 is 0.788 bits per heavy atom. The maximum atomic E-state index is 13.0. The summed E-state index contributed by atoms with van der Waals surface area (Å²) in [7, 11) is 0. The standard InChI is InChI=1S/C21H16O12/c22-13-5-12(31-8-16(25)26)6-14-18(13)19(29)21(32-9-17(27)28)20(33-14)10-1-3-11(4-2-10)30-7-15(23)24/h1-6,22H,7-9H2,(H,23,24)(H,25,26)(H,27,28). The summed E-state index contributed by atoms with van der Waals surface area (Å²) in [5.41, 5.74) is -0.807. The number of fused-ring (bicyclic) bond motifs is 1. The molecule has 4 N–H and O–H groups in total. The number of hydrogen-bond acceptors (Lipinski definition) is 9. The van der Waals surface area contributed by atoms with Gasteiger partial charge in [0.05, 0.1) is 0 Å². The zero-order valence-corrected chi connectivity index (χ0v) is 16.6. The molecule has 0 saturated heterocycles. The largest absolute Gasteiger partial charge is 0.507 e. The van der Waals surface area contributed by atoms with Crippen LogP contribution in [0.3, 0.4) is 0 Å². The zero-order valence-electron chi connectivity index (χ0n) is 16.6. The highest BCUT2D eigenvalue weighted by molar-refractivity contribution is 5.88. The maximum absolute atomic E-state index is 13.0. The molecule has 0 bridgehead atoms. The van der Waals surface area contributed by atoms with E-state index in [4.69, 9.17) is 33.9 Å². The van der Waals surface area contributed by atoms with Gasteiger partial charge in [0.15, 0.2) is 25.6 Å². The number of aliphatic carboxylic acids is 3. The molecule has 12 heteroatoms. The van der Waals surface area contributed by atoms with Crippen LogP contribution in [0.1, 0.15) is 0 Å². The molecule has 0 saturated carbocycles. The molecule has 0 radical (unpaired) electrons. The molecule has 2 aromatic carbocycles. The van der Waals surface area contributed by atoms with Crippen molar-refractivity contribution in [1.82, 2.24) is 0 Å². The third-order valence-electron chi connectivity index (χ3n) is 4.09. The maximum Gasteiger partial charge on any atom is 0.341 e. The van der Waals surface area contributed by atoms with Gasteiger partial charge in [-0.3, -0.25) is 4.79 Å². The smallest absolute Gasteiger partial charge is 0.341 e. The summed E-state index contributed by atoms with van der Waals surface area (Å²) in [5, 5.41) is 36.3. The quantitative estimate of drug-likeness (QED) is 0.342. The predicted molar refractivity (Wildman–Crippen MR) is 109 cm³/mol. The molecule has 0 spiro atoms. The number of rotatable bonds is 10. The number of hydrogen-bond donors (Lipinski definition) is 4. The number of phenolic OH excluding ortho intramolecular Hbond substituents is 1. The molecule has 0 atom stereocenters. The average Bonchev–Trinajstić information content (AvgIpc) is 2.75. The Labute approximate surface area is 183 Å². The minimum Gasteiger partial charge on any atom is -0.507 e. The van der Waals surface area contributed by atoms with Crippen molar-refractivity contribution in [1.29, 1.82) is 0 Å². The molecule has 1 heterocycles. The molecule has 0 aliphatic heterocycles. The molecule has 1 aromatic heterocycles. The Balaban J connectivity index is 2.12. The molecule has 0 amide bonds. The number of phenols is 1. The van der Waals surface area contributed by atoms with Crippen LogP contribution in [0.25, 0.3) is 22.3 Å². The highest BCUT2D eigenvalue weighted by Crippen LogP contribution is 2.36. The van der Waals surface area contributed by atoms with Gasteiger partial charge >= 0.3 is 17.9 Å². The van der Waals surface area contributed by atoms with E-state index in [1.165, 1.54) is 30.3 Å². The van der Waals surface area contributed by atoms with Crippen molar-refractivity contribution in [2.75, 3.05) is 19.8 Å². The first kappa shape index (κ1) is 22.9. The predicted octanol–water partition coefficient (Wildman–Crippen LogP) is 1.56. The van der Waals surface area contributed by atoms with E-state index in [0.29, 0.717) is 0 Å². The summed E-state index contributed by atoms with van der Waals surface area (Å²) in [4.78, 5) is 45.3. The van der Waals surface area contributed by atoms with Crippen molar-refractivity contribution in [3.63, 3.8) is 0 Å². The highest BCUT2D eigenvalue weighted by atomic mass is 16.5. The van der Waals surface area contributed by atoms with Crippen LogP contribution >= 0.6 is 0 Å². The van der Waals surface area contributed by atoms with Crippen LogP contribution in [-0.4, -0.2) is 58.2 Å². The molecule has 0 unspecified atom stereocenters. The second kappa shape index (κ2) is 9.60. The Bertz CT molecular complexity index is 1270. The third-order valence-corrected chi connectivity index (χ3v) is 4.09. The molecule has 3 rings (SSSR count). The lowest BCUT2D eigenvalue weighted by Crippen LogP contribution is -2.16. The van der Waals surface area contributed by atoms with Gasteiger partial charge < -0.3 is 39.1 Å². The van der Waals surface area contributed by atoms with Crippen molar-refractivity contribution in [2.24, 2.45) is 0 Å². The summed E-state index contributed by atoms with van der Waals surface area (Å²) in [6, 6.07) is 7.82. The molecule has 12 nitrogen and oxygen atoms in total. The van der Waals surface area contributed by atoms with E-state index < -0.39 is 54.7 Å². The van der Waals surface area contributed by atoms with Gasteiger partial charge in [0.1, 0.15) is 28.2 Å². The number of carboxylic acids is 3. The first-order chi connectivity index (χ1) is 15.7. The van der Waals surface area contributed by atoms with Crippen LogP contribution in [0.5, 0.6) is 23.0 Å². The molecule has 0 fully saturated rings. The van der Waals surface area contributed by atoms with Gasteiger partial charge in [-0.25, -0.2) is 14.4 Å². The second-order valence-electron chi connectivity index (χ2n) is 6.48. The second-order valence-corrected chi connectivity index (χ2v) is 6.48. The van der Waals surface area contributed by atoms with Crippen LogP contribution < -0.4 is 19.6 Å². The fraction of sp³-hybridized carbons (Fsp3) is 0.143. The number of aromatic hydroxyl groups is 1. The lowest BCUT2D eigenvalue weighted by molar-refractivity contribution is -0.140. The van der Waals surface area contributed by atoms with Gasteiger partial charge in [-0.05, 0) is 24.3 Å². The summed E-state index contributed by atoms with van der Waals surface area (Å²) in [6.07, 6.45) is 0. The van der Waals surface area contributed by atoms with Crippen molar-refractivity contribution < 1.29 is 53.4 Å². The fourth-order valence-electron chi connectivity index (χ4n) is 2.79. The minimum atomic E-state index is -1.36. The van der Waals surface area contributed by atoms with Gasteiger partial charge in [-0.15, -0.1) is 0 Å². The molecular weight excluding hydrogens is 444 g/mol. The molecule has 0 aliphatic carbocycles. The summed E-state index contributed by atoms with van der Waals surface area (Å²) >= 11 is 0. The van der Waals surface area contributed by atoms with Crippen LogP contribution in [0.2, 0.25) is 0 Å². The van der Waals surface area contributed by atoms with Gasteiger partial charge in [-0.1, -0.05) is 0 Å². The SMILES string of the molecule is O=C(O)COc1ccc(-c2oc3cc(OCC(=O)O)cc(O)c3c(=O)c2OCC(=O)O)cc1. The van der Waals surface area contributed by atoms with Crippen molar-refractivity contribution in [3.05, 3.63) is 46.6 Å². The first-order valence-corrected chi connectivity index (χ1v) is 9.13. The van der Waals surface area contributed by atoms with Crippen molar-refractivity contribution in [3.8, 4) is 34.3 Å². The first-order valence-electron chi connectivity index (χ1n) is 9.13. The van der Waals surface area contributed by atoms with Crippen LogP contribution in [0.4, 0.5) is 0 Å². The Morgan fingerprint density at radius 3 is 1.91 bits per heavy atom. The highest BCUT2D eigenvalue weighted by Gasteiger charge is 2.22. The van der Waals surface area contributed by atoms with E-state index in [1.54, 1.807) is 0 Å². The van der Waals surface area contributed by atoms with E-state index in [-0.39, 0.29) is 33.8 Å². The van der Waals surface area contributed by atoms with Crippen LogP contribution in [0.15, 0.2) is 45.6 Å². The molecule has 3 aromatic rings. The van der Waals surface area contributed by atoms with Gasteiger partial charge in [0, 0.05) is 17.7 Å². The normalized spacial score (nSPS) is 10.5. The summed E-state index contributed by atoms with van der Waals surface area (Å²) in [6.45, 7) is -2.15. The summed E-state index contributed by atoms with van der Waals surface area (Å²) in [5.74, 6) is -4.95. The molecular formula is C21H16O12.